The lowest BCUT2D eigenvalue weighted by molar-refractivity contribution is -0.137. The molecule has 1 atom stereocenters. The zero-order valence-corrected chi connectivity index (χ0v) is 16.9. The maximum Gasteiger partial charge on any atom is 0.320 e. The van der Waals surface area contributed by atoms with Gasteiger partial charge in [-0.05, 0) is 50.1 Å². The van der Waals surface area contributed by atoms with E-state index in [1.54, 1.807) is 4.52 Å². The number of fused-ring (bicyclic) bond motifs is 2. The zero-order chi connectivity index (χ0) is 20.0. The van der Waals surface area contributed by atoms with Crippen LogP contribution in [0.4, 0.5) is 5.69 Å². The average Bonchev–Trinajstić information content (AvgIpc) is 3.17. The van der Waals surface area contributed by atoms with E-state index in [4.69, 9.17) is 4.74 Å². The van der Waals surface area contributed by atoms with Crippen LogP contribution in [0.25, 0.3) is 5.52 Å². The van der Waals surface area contributed by atoms with E-state index in [1.165, 1.54) is 0 Å². The zero-order valence-electron chi connectivity index (χ0n) is 16.9. The van der Waals surface area contributed by atoms with Crippen molar-refractivity contribution in [2.75, 3.05) is 31.1 Å². The SMILES string of the molecule is CC(C)N1CCN(c2ccc3c(c2)OC(=O)C(c2cc4ccccn4n2)C3)CC1. The van der Waals surface area contributed by atoms with Gasteiger partial charge in [0.25, 0.3) is 0 Å². The molecule has 29 heavy (non-hydrogen) atoms. The van der Waals surface area contributed by atoms with Crippen LogP contribution in [0.3, 0.4) is 0 Å². The third kappa shape index (κ3) is 3.38. The molecule has 1 unspecified atom stereocenters. The Bertz CT molecular complexity index is 1020. The van der Waals surface area contributed by atoms with Crippen molar-refractivity contribution in [2.24, 2.45) is 0 Å². The van der Waals surface area contributed by atoms with Gasteiger partial charge in [0.2, 0.25) is 0 Å². The van der Waals surface area contributed by atoms with Crippen LogP contribution >= 0.6 is 0 Å². The van der Waals surface area contributed by atoms with E-state index >= 15 is 0 Å². The molecule has 150 valence electrons. The maximum absolute atomic E-state index is 12.7. The third-order valence-corrected chi connectivity index (χ3v) is 6.13. The molecular formula is C23H26N4O2. The Labute approximate surface area is 170 Å². The van der Waals surface area contributed by atoms with Crippen LogP contribution in [0.5, 0.6) is 5.75 Å². The van der Waals surface area contributed by atoms with Crippen LogP contribution < -0.4 is 9.64 Å². The Hall–Kier alpha value is -2.86. The summed E-state index contributed by atoms with van der Waals surface area (Å²) in [5.41, 5.74) is 3.94. The molecule has 1 aromatic carbocycles. The minimum atomic E-state index is -0.358. The van der Waals surface area contributed by atoms with Gasteiger partial charge in [-0.25, -0.2) is 4.52 Å². The fraction of sp³-hybridized carbons (Fsp3) is 0.391. The summed E-state index contributed by atoms with van der Waals surface area (Å²) in [4.78, 5) is 17.6. The molecule has 0 spiro atoms. The molecular weight excluding hydrogens is 364 g/mol. The summed E-state index contributed by atoms with van der Waals surface area (Å²) in [5, 5.41) is 4.57. The van der Waals surface area contributed by atoms with E-state index in [-0.39, 0.29) is 11.9 Å². The number of nitrogens with zero attached hydrogens (tertiary/aromatic N) is 4. The van der Waals surface area contributed by atoms with Gasteiger partial charge in [0, 0.05) is 50.2 Å². The molecule has 1 saturated heterocycles. The molecule has 0 bridgehead atoms. The fourth-order valence-corrected chi connectivity index (χ4v) is 4.34. The lowest BCUT2D eigenvalue weighted by Crippen LogP contribution is -2.48. The molecule has 5 rings (SSSR count). The number of rotatable bonds is 3. The Kier molecular flexibility index (Phi) is 4.51. The topological polar surface area (TPSA) is 50.1 Å². The van der Waals surface area contributed by atoms with Gasteiger partial charge in [-0.3, -0.25) is 9.69 Å². The van der Waals surface area contributed by atoms with E-state index in [2.05, 4.69) is 40.9 Å². The highest BCUT2D eigenvalue weighted by molar-refractivity contribution is 5.83. The van der Waals surface area contributed by atoms with E-state index in [0.29, 0.717) is 18.2 Å². The number of aromatic nitrogens is 2. The third-order valence-electron chi connectivity index (χ3n) is 6.13. The first-order valence-electron chi connectivity index (χ1n) is 10.4. The van der Waals surface area contributed by atoms with Crippen LogP contribution in [-0.2, 0) is 11.2 Å². The fourth-order valence-electron chi connectivity index (χ4n) is 4.34. The molecule has 0 N–H and O–H groups in total. The van der Waals surface area contributed by atoms with E-state index in [9.17, 15) is 4.79 Å². The van der Waals surface area contributed by atoms with Crippen LogP contribution in [0.2, 0.25) is 0 Å². The number of carbonyl (C=O) groups excluding carboxylic acids is 1. The summed E-state index contributed by atoms with van der Waals surface area (Å²) >= 11 is 0. The van der Waals surface area contributed by atoms with Gasteiger partial charge >= 0.3 is 5.97 Å². The van der Waals surface area contributed by atoms with Crippen molar-refractivity contribution in [3.8, 4) is 5.75 Å². The second-order valence-electron chi connectivity index (χ2n) is 8.23. The van der Waals surface area contributed by atoms with Crippen LogP contribution in [0, 0.1) is 0 Å². The van der Waals surface area contributed by atoms with Gasteiger partial charge in [0.1, 0.15) is 11.7 Å². The highest BCUT2D eigenvalue weighted by Crippen LogP contribution is 2.36. The minimum absolute atomic E-state index is 0.220. The van der Waals surface area contributed by atoms with Gasteiger partial charge in [-0.15, -0.1) is 0 Å². The largest absolute Gasteiger partial charge is 0.426 e. The highest BCUT2D eigenvalue weighted by Gasteiger charge is 2.32. The summed E-state index contributed by atoms with van der Waals surface area (Å²) in [6, 6.07) is 14.7. The summed E-state index contributed by atoms with van der Waals surface area (Å²) in [7, 11) is 0. The van der Waals surface area contributed by atoms with Gasteiger partial charge in [0.15, 0.2) is 0 Å². The number of piperazine rings is 1. The normalized spacial score (nSPS) is 20.2. The van der Waals surface area contributed by atoms with Crippen molar-refractivity contribution < 1.29 is 9.53 Å². The Morgan fingerprint density at radius 2 is 1.90 bits per heavy atom. The van der Waals surface area contributed by atoms with Crippen molar-refractivity contribution in [2.45, 2.75) is 32.2 Å². The Morgan fingerprint density at radius 1 is 1.07 bits per heavy atom. The predicted molar refractivity (Wildman–Crippen MR) is 113 cm³/mol. The van der Waals surface area contributed by atoms with Crippen LogP contribution in [0.15, 0.2) is 48.7 Å². The van der Waals surface area contributed by atoms with Crippen LogP contribution in [-0.4, -0.2) is 52.7 Å². The first-order valence-corrected chi connectivity index (χ1v) is 10.4. The number of benzene rings is 1. The second kappa shape index (κ2) is 7.19. The Morgan fingerprint density at radius 3 is 2.66 bits per heavy atom. The molecule has 4 heterocycles. The number of anilines is 1. The number of ether oxygens (including phenoxy) is 1. The van der Waals surface area contributed by atoms with Crippen LogP contribution in [0.1, 0.15) is 31.0 Å². The number of hydrogen-bond acceptors (Lipinski definition) is 5. The first-order chi connectivity index (χ1) is 14.1. The average molecular weight is 390 g/mol. The van der Waals surface area contributed by atoms with Crippen molar-refractivity contribution >= 4 is 17.2 Å². The molecule has 2 aliphatic rings. The smallest absolute Gasteiger partial charge is 0.320 e. The molecule has 6 heteroatoms. The molecule has 2 aliphatic heterocycles. The minimum Gasteiger partial charge on any atom is -0.426 e. The lowest BCUT2D eigenvalue weighted by Gasteiger charge is -2.38. The summed E-state index contributed by atoms with van der Waals surface area (Å²) < 4.78 is 7.56. The molecule has 0 amide bonds. The van der Waals surface area contributed by atoms with Gasteiger partial charge in [-0.2, -0.15) is 5.10 Å². The van der Waals surface area contributed by atoms with Gasteiger partial charge in [-0.1, -0.05) is 12.1 Å². The maximum atomic E-state index is 12.7. The monoisotopic (exact) mass is 390 g/mol. The van der Waals surface area contributed by atoms with Crippen molar-refractivity contribution in [3.63, 3.8) is 0 Å². The molecule has 0 saturated carbocycles. The predicted octanol–water partition coefficient (Wildman–Crippen LogP) is 3.11. The molecule has 3 aromatic rings. The molecule has 2 aromatic heterocycles. The summed E-state index contributed by atoms with van der Waals surface area (Å²) in [5.74, 6) is 0.115. The number of esters is 1. The molecule has 0 radical (unpaired) electrons. The van der Waals surface area contributed by atoms with Gasteiger partial charge < -0.3 is 9.64 Å². The highest BCUT2D eigenvalue weighted by atomic mass is 16.5. The second-order valence-corrected chi connectivity index (χ2v) is 8.23. The van der Waals surface area contributed by atoms with Crippen molar-refractivity contribution in [1.82, 2.24) is 14.5 Å². The Balaban J connectivity index is 1.35. The molecule has 6 nitrogen and oxygen atoms in total. The van der Waals surface area contributed by atoms with E-state index in [0.717, 1.165) is 48.6 Å². The number of pyridine rings is 1. The molecule has 1 fully saturated rings. The standard InChI is InChI=1S/C23H26N4O2/c1-16(2)25-9-11-26(12-10-25)18-7-6-17-13-20(23(28)29-22(17)15-18)21-14-19-5-3-4-8-27(19)24-21/h3-8,14-16,20H,9-13H2,1-2H3. The quantitative estimate of drug-likeness (QED) is 0.508. The molecule has 0 aliphatic carbocycles. The lowest BCUT2D eigenvalue weighted by atomic mass is 9.93. The summed E-state index contributed by atoms with van der Waals surface area (Å²) in [6.07, 6.45) is 2.52. The summed E-state index contributed by atoms with van der Waals surface area (Å²) in [6.45, 7) is 8.60. The number of carbonyl (C=O) groups is 1. The number of hydrogen-bond donors (Lipinski definition) is 0. The van der Waals surface area contributed by atoms with Gasteiger partial charge in [0.05, 0.1) is 11.2 Å². The van der Waals surface area contributed by atoms with E-state index < -0.39 is 0 Å². The first kappa shape index (κ1) is 18.2. The van der Waals surface area contributed by atoms with E-state index in [1.807, 2.05) is 36.5 Å². The van der Waals surface area contributed by atoms with Crippen molar-refractivity contribution in [1.29, 1.82) is 0 Å². The van der Waals surface area contributed by atoms with Crippen molar-refractivity contribution in [3.05, 3.63) is 59.9 Å².